The molecule has 2 unspecified atom stereocenters. The molecule has 2 fully saturated rings. The quantitative estimate of drug-likeness (QED) is 0.718. The van der Waals surface area contributed by atoms with Crippen molar-refractivity contribution in [3.05, 3.63) is 24.2 Å². The number of amides is 2. The van der Waals surface area contributed by atoms with E-state index in [0.29, 0.717) is 25.6 Å². The van der Waals surface area contributed by atoms with Gasteiger partial charge < -0.3 is 19.4 Å². The van der Waals surface area contributed by atoms with Gasteiger partial charge in [0.15, 0.2) is 5.76 Å². The minimum absolute atomic E-state index is 0.000669. The number of carbonyl (C=O) groups excluding carboxylic acids is 2. The van der Waals surface area contributed by atoms with Crippen molar-refractivity contribution in [2.45, 2.75) is 31.4 Å². The van der Waals surface area contributed by atoms with Crippen LogP contribution in [0.25, 0.3) is 0 Å². The zero-order valence-corrected chi connectivity index (χ0v) is 16.7. The topological polar surface area (TPSA) is 75.0 Å². The monoisotopic (exact) mass is 395 g/mol. The lowest BCUT2D eigenvalue weighted by Gasteiger charge is -2.37. The minimum atomic E-state index is -0.514. The van der Waals surface area contributed by atoms with E-state index >= 15 is 0 Å². The van der Waals surface area contributed by atoms with Crippen molar-refractivity contribution < 1.29 is 18.7 Å². The molecule has 3 heterocycles. The van der Waals surface area contributed by atoms with Crippen molar-refractivity contribution in [3.8, 4) is 0 Å². The van der Waals surface area contributed by atoms with Gasteiger partial charge in [-0.1, -0.05) is 0 Å². The first-order valence-electron chi connectivity index (χ1n) is 9.63. The Kier molecular flexibility index (Phi) is 7.60. The third-order valence-corrected chi connectivity index (χ3v) is 5.77. The number of nitrogens with one attached hydrogen (secondary N) is 1. The Hall–Kier alpha value is -1.51. The number of carbonyl (C=O) groups is 2. The van der Waals surface area contributed by atoms with E-state index in [1.165, 1.54) is 6.26 Å². The Morgan fingerprint density at radius 1 is 1.33 bits per heavy atom. The average Bonchev–Trinajstić information content (AvgIpc) is 3.39. The summed E-state index contributed by atoms with van der Waals surface area (Å²) in [5, 5.41) is 2.85. The zero-order chi connectivity index (χ0) is 19.1. The summed E-state index contributed by atoms with van der Waals surface area (Å²) in [5.41, 5.74) is 0. The Balaban J connectivity index is 1.51. The van der Waals surface area contributed by atoms with Gasteiger partial charge in [0.2, 0.25) is 5.91 Å². The summed E-state index contributed by atoms with van der Waals surface area (Å²) >= 11 is 1.67. The number of hydrogen-bond donors (Lipinski definition) is 1. The van der Waals surface area contributed by atoms with Crippen molar-refractivity contribution in [1.29, 1.82) is 0 Å². The molecule has 1 aromatic rings. The van der Waals surface area contributed by atoms with Crippen LogP contribution in [0.4, 0.5) is 0 Å². The SMILES string of the molecule is CSCCC(NC(=O)c1ccco1)C(=O)N1CCN(CC2CCCO2)CC1. The van der Waals surface area contributed by atoms with Gasteiger partial charge in [0.25, 0.3) is 5.91 Å². The third-order valence-electron chi connectivity index (χ3n) is 5.13. The van der Waals surface area contributed by atoms with E-state index in [0.717, 1.165) is 44.8 Å². The van der Waals surface area contributed by atoms with Crippen molar-refractivity contribution in [2.24, 2.45) is 0 Å². The smallest absolute Gasteiger partial charge is 0.287 e. The lowest BCUT2D eigenvalue weighted by atomic mass is 10.1. The number of nitrogens with zero attached hydrogens (tertiary/aromatic N) is 2. The van der Waals surface area contributed by atoms with E-state index in [2.05, 4.69) is 10.2 Å². The van der Waals surface area contributed by atoms with Gasteiger partial charge in [0.05, 0.1) is 12.4 Å². The molecule has 0 bridgehead atoms. The van der Waals surface area contributed by atoms with Gasteiger partial charge in [-0.25, -0.2) is 0 Å². The standard InChI is InChI=1S/C19H29N3O4S/c1-27-13-6-16(20-18(23)17-5-3-12-26-17)19(24)22-9-7-21(8-10-22)14-15-4-2-11-25-15/h3,5,12,15-16H,2,4,6-11,13-14H2,1H3,(H,20,23). The fourth-order valence-electron chi connectivity index (χ4n) is 3.58. The van der Waals surface area contributed by atoms with Crippen LogP contribution in [0.1, 0.15) is 29.8 Å². The number of piperazine rings is 1. The Labute approximate surface area is 164 Å². The molecule has 1 aromatic heterocycles. The highest BCUT2D eigenvalue weighted by Crippen LogP contribution is 2.15. The van der Waals surface area contributed by atoms with Gasteiger partial charge in [-0.15, -0.1) is 0 Å². The fraction of sp³-hybridized carbons (Fsp3) is 0.684. The largest absolute Gasteiger partial charge is 0.459 e. The highest BCUT2D eigenvalue weighted by molar-refractivity contribution is 7.98. The number of thioether (sulfide) groups is 1. The predicted octanol–water partition coefficient (Wildman–Crippen LogP) is 1.45. The van der Waals surface area contributed by atoms with E-state index in [9.17, 15) is 9.59 Å². The Bertz CT molecular complexity index is 596. The molecular formula is C19H29N3O4S. The molecule has 0 saturated carbocycles. The molecule has 150 valence electrons. The molecule has 27 heavy (non-hydrogen) atoms. The summed E-state index contributed by atoms with van der Waals surface area (Å²) in [7, 11) is 0. The predicted molar refractivity (Wildman–Crippen MR) is 105 cm³/mol. The summed E-state index contributed by atoms with van der Waals surface area (Å²) in [6, 6.07) is 2.76. The van der Waals surface area contributed by atoms with Crippen molar-refractivity contribution >= 4 is 23.6 Å². The van der Waals surface area contributed by atoms with Crippen molar-refractivity contribution in [1.82, 2.24) is 15.1 Å². The zero-order valence-electron chi connectivity index (χ0n) is 15.9. The van der Waals surface area contributed by atoms with Crippen LogP contribution >= 0.6 is 11.8 Å². The molecule has 0 aromatic carbocycles. The summed E-state index contributed by atoms with van der Waals surface area (Å²) < 4.78 is 10.9. The number of ether oxygens (including phenoxy) is 1. The van der Waals surface area contributed by atoms with Gasteiger partial charge in [-0.2, -0.15) is 11.8 Å². The molecule has 2 aliphatic rings. The van der Waals surface area contributed by atoms with Gasteiger partial charge in [-0.3, -0.25) is 14.5 Å². The third kappa shape index (κ3) is 5.73. The maximum absolute atomic E-state index is 13.0. The van der Waals surface area contributed by atoms with Gasteiger partial charge >= 0.3 is 0 Å². The average molecular weight is 396 g/mol. The maximum atomic E-state index is 13.0. The molecule has 0 spiro atoms. The minimum Gasteiger partial charge on any atom is -0.459 e. The van der Waals surface area contributed by atoms with Crippen LogP contribution in [0.2, 0.25) is 0 Å². The molecule has 1 N–H and O–H groups in total. The van der Waals surface area contributed by atoms with Crippen molar-refractivity contribution in [2.75, 3.05) is 51.3 Å². The van der Waals surface area contributed by atoms with Gasteiger partial charge in [0, 0.05) is 39.3 Å². The van der Waals surface area contributed by atoms with Crippen LogP contribution in [-0.2, 0) is 9.53 Å². The second-order valence-electron chi connectivity index (χ2n) is 7.05. The molecule has 0 radical (unpaired) electrons. The highest BCUT2D eigenvalue weighted by Gasteiger charge is 2.30. The molecule has 2 saturated heterocycles. The van der Waals surface area contributed by atoms with E-state index < -0.39 is 6.04 Å². The number of furan rings is 1. The Morgan fingerprint density at radius 3 is 2.78 bits per heavy atom. The van der Waals surface area contributed by atoms with Crippen LogP contribution < -0.4 is 5.32 Å². The van der Waals surface area contributed by atoms with E-state index in [-0.39, 0.29) is 17.6 Å². The summed E-state index contributed by atoms with van der Waals surface area (Å²) in [4.78, 5) is 29.5. The first-order chi connectivity index (χ1) is 13.2. The highest BCUT2D eigenvalue weighted by atomic mass is 32.2. The molecular weight excluding hydrogens is 366 g/mol. The second-order valence-corrected chi connectivity index (χ2v) is 8.03. The molecule has 0 aliphatic carbocycles. The molecule has 8 heteroatoms. The van der Waals surface area contributed by atoms with Crippen molar-refractivity contribution in [3.63, 3.8) is 0 Å². The molecule has 2 amide bonds. The maximum Gasteiger partial charge on any atom is 0.287 e. The molecule has 3 rings (SSSR count). The summed E-state index contributed by atoms with van der Waals surface area (Å²) in [5.74, 6) is 0.712. The summed E-state index contributed by atoms with van der Waals surface area (Å²) in [6.07, 6.45) is 6.70. The van der Waals surface area contributed by atoms with Crippen LogP contribution in [0.5, 0.6) is 0 Å². The van der Waals surface area contributed by atoms with Crippen LogP contribution in [0, 0.1) is 0 Å². The fourth-order valence-corrected chi connectivity index (χ4v) is 4.05. The lowest BCUT2D eigenvalue weighted by molar-refractivity contribution is -0.135. The van der Waals surface area contributed by atoms with Gasteiger partial charge in [-0.05, 0) is 43.4 Å². The van der Waals surface area contributed by atoms with Crippen LogP contribution in [0.15, 0.2) is 22.8 Å². The normalized spacial score (nSPS) is 22.0. The lowest BCUT2D eigenvalue weighted by Crippen LogP contribution is -2.55. The second kappa shape index (κ2) is 10.1. The van der Waals surface area contributed by atoms with Gasteiger partial charge in [0.1, 0.15) is 6.04 Å². The van der Waals surface area contributed by atoms with E-state index in [4.69, 9.17) is 9.15 Å². The number of hydrogen-bond acceptors (Lipinski definition) is 6. The van der Waals surface area contributed by atoms with E-state index in [1.807, 2.05) is 11.2 Å². The summed E-state index contributed by atoms with van der Waals surface area (Å²) in [6.45, 7) is 4.92. The van der Waals surface area contributed by atoms with Crippen LogP contribution in [-0.4, -0.2) is 85.1 Å². The number of rotatable bonds is 8. The molecule has 2 atom stereocenters. The first-order valence-corrected chi connectivity index (χ1v) is 11.0. The first kappa shape index (κ1) is 20.2. The van der Waals surface area contributed by atoms with Crippen LogP contribution in [0.3, 0.4) is 0 Å². The molecule has 7 nitrogen and oxygen atoms in total. The van der Waals surface area contributed by atoms with E-state index in [1.54, 1.807) is 23.9 Å². The molecule has 2 aliphatic heterocycles. The Morgan fingerprint density at radius 2 is 2.15 bits per heavy atom.